The molecule has 0 bridgehead atoms. The molecule has 1 aromatic heterocycles. The van der Waals surface area contributed by atoms with Crippen LogP contribution >= 0.6 is 27.3 Å². The van der Waals surface area contributed by atoms with Gasteiger partial charge in [0, 0.05) is 17.2 Å². The van der Waals surface area contributed by atoms with E-state index in [1.165, 1.54) is 5.56 Å². The first-order chi connectivity index (χ1) is 8.29. The lowest BCUT2D eigenvalue weighted by atomic mass is 10.2. The van der Waals surface area contributed by atoms with Gasteiger partial charge in [0.05, 0.1) is 10.4 Å². The second kappa shape index (κ2) is 6.14. The Bertz CT molecular complexity index is 473. The first kappa shape index (κ1) is 12.5. The molecule has 0 atom stereocenters. The average molecular weight is 313 g/mol. The number of hydrogen-bond donors (Lipinski definition) is 1. The number of nitrogens with zero attached hydrogens (tertiary/aromatic N) is 1. The van der Waals surface area contributed by atoms with Crippen LogP contribution in [0.2, 0.25) is 0 Å². The Morgan fingerprint density at radius 2 is 2.35 bits per heavy atom. The molecule has 0 fully saturated rings. The Hall–Kier alpha value is -0.910. The van der Waals surface area contributed by atoms with Crippen molar-refractivity contribution < 1.29 is 4.74 Å². The molecule has 0 saturated carbocycles. The highest BCUT2D eigenvalue weighted by Crippen LogP contribution is 2.23. The zero-order valence-corrected chi connectivity index (χ0v) is 11.8. The lowest BCUT2D eigenvalue weighted by Gasteiger charge is -2.08. The molecule has 0 aliphatic carbocycles. The molecular formula is C12H13BrN2OS. The molecule has 0 unspecified atom stereocenters. The van der Waals surface area contributed by atoms with Crippen LogP contribution in [0.15, 0.2) is 34.4 Å². The van der Waals surface area contributed by atoms with Crippen LogP contribution in [0.3, 0.4) is 0 Å². The number of hydrogen-bond acceptors (Lipinski definition) is 4. The molecule has 0 aliphatic heterocycles. The van der Waals surface area contributed by atoms with E-state index < -0.39 is 0 Å². The van der Waals surface area contributed by atoms with Gasteiger partial charge in [-0.05, 0) is 30.8 Å². The SMILES string of the molecule is CNCc1cc(OCc2cncs2)ccc1Br. The summed E-state index contributed by atoms with van der Waals surface area (Å²) in [5, 5.41) is 3.13. The first-order valence-corrected chi connectivity index (χ1v) is 6.90. The fraction of sp³-hybridized carbons (Fsp3) is 0.250. The fourth-order valence-electron chi connectivity index (χ4n) is 1.43. The number of thiazole rings is 1. The maximum Gasteiger partial charge on any atom is 0.124 e. The standard InChI is InChI=1S/C12H13BrN2OS/c1-14-5-9-4-10(2-3-12(9)13)16-7-11-6-15-8-17-11/h2-4,6,8,14H,5,7H2,1H3. The number of halogens is 1. The molecule has 1 N–H and O–H groups in total. The molecule has 2 rings (SSSR count). The largest absolute Gasteiger partial charge is 0.488 e. The summed E-state index contributed by atoms with van der Waals surface area (Å²) < 4.78 is 6.81. The normalized spacial score (nSPS) is 10.5. The zero-order valence-electron chi connectivity index (χ0n) is 9.44. The predicted octanol–water partition coefficient (Wildman–Crippen LogP) is 3.20. The quantitative estimate of drug-likeness (QED) is 0.920. The Morgan fingerprint density at radius 1 is 1.47 bits per heavy atom. The van der Waals surface area contributed by atoms with Crippen molar-refractivity contribution in [2.24, 2.45) is 0 Å². The summed E-state index contributed by atoms with van der Waals surface area (Å²) >= 11 is 5.12. The van der Waals surface area contributed by atoms with Gasteiger partial charge in [-0.2, -0.15) is 0 Å². The summed E-state index contributed by atoms with van der Waals surface area (Å²) in [7, 11) is 1.93. The van der Waals surface area contributed by atoms with Crippen molar-refractivity contribution in [3.05, 3.63) is 44.8 Å². The summed E-state index contributed by atoms with van der Waals surface area (Å²) in [6.45, 7) is 1.39. The molecule has 0 radical (unpaired) electrons. The molecule has 17 heavy (non-hydrogen) atoms. The highest BCUT2D eigenvalue weighted by atomic mass is 79.9. The lowest BCUT2D eigenvalue weighted by Crippen LogP contribution is -2.06. The minimum atomic E-state index is 0.575. The third kappa shape index (κ3) is 3.52. The van der Waals surface area contributed by atoms with Crippen LogP contribution in [0.1, 0.15) is 10.4 Å². The van der Waals surface area contributed by atoms with Crippen molar-refractivity contribution in [3.8, 4) is 5.75 Å². The van der Waals surface area contributed by atoms with E-state index >= 15 is 0 Å². The van der Waals surface area contributed by atoms with E-state index in [2.05, 4.69) is 26.2 Å². The van der Waals surface area contributed by atoms with Gasteiger partial charge in [-0.1, -0.05) is 15.9 Å². The number of nitrogens with one attached hydrogen (secondary N) is 1. The van der Waals surface area contributed by atoms with Gasteiger partial charge in [0.2, 0.25) is 0 Å². The van der Waals surface area contributed by atoms with Gasteiger partial charge in [0.25, 0.3) is 0 Å². The summed E-state index contributed by atoms with van der Waals surface area (Å²) in [5.41, 5.74) is 3.00. The molecule has 2 aromatic rings. The molecule has 0 spiro atoms. The molecule has 3 nitrogen and oxygen atoms in total. The second-order valence-electron chi connectivity index (χ2n) is 3.54. The number of aromatic nitrogens is 1. The Kier molecular flexibility index (Phi) is 4.53. The molecule has 0 amide bonds. The van der Waals surface area contributed by atoms with E-state index in [1.807, 2.05) is 37.0 Å². The summed E-state index contributed by atoms with van der Waals surface area (Å²) in [6.07, 6.45) is 1.83. The first-order valence-electron chi connectivity index (χ1n) is 5.23. The molecule has 1 aromatic carbocycles. The lowest BCUT2D eigenvalue weighted by molar-refractivity contribution is 0.309. The van der Waals surface area contributed by atoms with Crippen LogP contribution in [0.5, 0.6) is 5.75 Å². The molecule has 1 heterocycles. The Balaban J connectivity index is 2.03. The van der Waals surface area contributed by atoms with Crippen LogP contribution in [0.25, 0.3) is 0 Å². The topological polar surface area (TPSA) is 34.1 Å². The number of rotatable bonds is 5. The fourth-order valence-corrected chi connectivity index (χ4v) is 2.33. The molecule has 90 valence electrons. The van der Waals surface area contributed by atoms with Crippen LogP contribution in [-0.2, 0) is 13.2 Å². The van der Waals surface area contributed by atoms with Crippen LogP contribution in [0.4, 0.5) is 0 Å². The van der Waals surface area contributed by atoms with E-state index in [4.69, 9.17) is 4.74 Å². The Morgan fingerprint density at radius 3 is 3.06 bits per heavy atom. The maximum absolute atomic E-state index is 5.71. The van der Waals surface area contributed by atoms with Crippen molar-refractivity contribution in [3.63, 3.8) is 0 Å². The minimum absolute atomic E-state index is 0.575. The van der Waals surface area contributed by atoms with E-state index in [0.717, 1.165) is 21.6 Å². The molecule has 0 aliphatic rings. The van der Waals surface area contributed by atoms with Crippen LogP contribution in [0, 0.1) is 0 Å². The third-order valence-corrected chi connectivity index (χ3v) is 3.78. The third-order valence-electron chi connectivity index (χ3n) is 2.25. The number of ether oxygens (including phenoxy) is 1. The summed E-state index contributed by atoms with van der Waals surface area (Å²) in [5.74, 6) is 0.881. The van der Waals surface area contributed by atoms with Crippen molar-refractivity contribution >= 4 is 27.3 Å². The Labute approximate surface area is 113 Å². The van der Waals surface area contributed by atoms with Gasteiger partial charge >= 0.3 is 0 Å². The van der Waals surface area contributed by atoms with Gasteiger partial charge in [0.15, 0.2) is 0 Å². The van der Waals surface area contributed by atoms with Crippen molar-refractivity contribution in [2.75, 3.05) is 7.05 Å². The smallest absolute Gasteiger partial charge is 0.124 e. The van der Waals surface area contributed by atoms with Gasteiger partial charge in [-0.25, -0.2) is 0 Å². The van der Waals surface area contributed by atoms with E-state index in [0.29, 0.717) is 6.61 Å². The maximum atomic E-state index is 5.71. The molecule has 5 heteroatoms. The summed E-state index contributed by atoms with van der Waals surface area (Å²) in [6, 6.07) is 6.01. The monoisotopic (exact) mass is 312 g/mol. The van der Waals surface area contributed by atoms with Gasteiger partial charge in [0.1, 0.15) is 12.4 Å². The highest BCUT2D eigenvalue weighted by Gasteiger charge is 2.02. The van der Waals surface area contributed by atoms with E-state index in [1.54, 1.807) is 11.3 Å². The molecule has 0 saturated heterocycles. The molecular weight excluding hydrogens is 300 g/mol. The van der Waals surface area contributed by atoms with Crippen molar-refractivity contribution in [1.82, 2.24) is 10.3 Å². The minimum Gasteiger partial charge on any atom is -0.488 e. The van der Waals surface area contributed by atoms with Crippen molar-refractivity contribution in [1.29, 1.82) is 0 Å². The average Bonchev–Trinajstić information content (AvgIpc) is 2.83. The number of benzene rings is 1. The van der Waals surface area contributed by atoms with Gasteiger partial charge in [-0.15, -0.1) is 11.3 Å². The van der Waals surface area contributed by atoms with Crippen LogP contribution in [-0.4, -0.2) is 12.0 Å². The van der Waals surface area contributed by atoms with Crippen molar-refractivity contribution in [2.45, 2.75) is 13.2 Å². The van der Waals surface area contributed by atoms with E-state index in [-0.39, 0.29) is 0 Å². The summed E-state index contributed by atoms with van der Waals surface area (Å²) in [4.78, 5) is 5.14. The highest BCUT2D eigenvalue weighted by molar-refractivity contribution is 9.10. The van der Waals surface area contributed by atoms with E-state index in [9.17, 15) is 0 Å². The van der Waals surface area contributed by atoms with Gasteiger partial charge < -0.3 is 10.1 Å². The van der Waals surface area contributed by atoms with Crippen LogP contribution < -0.4 is 10.1 Å². The predicted molar refractivity (Wildman–Crippen MR) is 73.4 cm³/mol. The zero-order chi connectivity index (χ0) is 12.1. The van der Waals surface area contributed by atoms with Gasteiger partial charge in [-0.3, -0.25) is 4.98 Å². The second-order valence-corrected chi connectivity index (χ2v) is 5.37.